The molecule has 0 radical (unpaired) electrons. The monoisotopic (exact) mass is 466 g/mol. The molecular formula is C25H23ClF4O2. The normalized spacial score (nSPS) is 26.5. The average molecular weight is 467 g/mol. The summed E-state index contributed by atoms with van der Waals surface area (Å²) in [6, 6.07) is 14.0. The maximum Gasteiger partial charge on any atom is 0.426 e. The number of alkyl halides is 3. The third-order valence-corrected chi connectivity index (χ3v) is 7.04. The maximum absolute atomic E-state index is 13.2. The van der Waals surface area contributed by atoms with Crippen molar-refractivity contribution in [1.29, 1.82) is 0 Å². The number of hydrogen-bond acceptors (Lipinski definition) is 2. The fraction of sp³-hybridized carbons (Fsp3) is 0.400. The van der Waals surface area contributed by atoms with Crippen LogP contribution in [0.25, 0.3) is 0 Å². The van der Waals surface area contributed by atoms with E-state index in [2.05, 4.69) is 0 Å². The smallest absolute Gasteiger partial charge is 0.426 e. The molecule has 0 spiro atoms. The van der Waals surface area contributed by atoms with Gasteiger partial charge in [-0.15, -0.1) is 0 Å². The lowest BCUT2D eigenvalue weighted by molar-refractivity contribution is -0.152. The Morgan fingerprint density at radius 1 is 1.12 bits per heavy atom. The number of rotatable bonds is 5. The molecule has 4 unspecified atom stereocenters. The Morgan fingerprint density at radius 2 is 1.75 bits per heavy atom. The largest absolute Gasteiger partial charge is 0.457 e. The van der Waals surface area contributed by atoms with Gasteiger partial charge in [0.1, 0.15) is 17.0 Å². The van der Waals surface area contributed by atoms with Crippen LogP contribution in [0.4, 0.5) is 17.6 Å². The van der Waals surface area contributed by atoms with Crippen molar-refractivity contribution in [3.8, 4) is 0 Å². The van der Waals surface area contributed by atoms with Crippen LogP contribution in [0.1, 0.15) is 49.0 Å². The van der Waals surface area contributed by atoms with Crippen molar-refractivity contribution >= 4 is 17.6 Å². The van der Waals surface area contributed by atoms with Crippen molar-refractivity contribution in [3.05, 3.63) is 82.1 Å². The molecule has 2 aromatic carbocycles. The molecule has 7 heteroatoms. The number of ether oxygens (including phenoxy) is 1. The molecule has 2 aliphatic rings. The number of carbonyl (C=O) groups is 1. The lowest BCUT2D eigenvalue weighted by Gasteiger charge is -2.15. The quantitative estimate of drug-likeness (QED) is 0.347. The predicted molar refractivity (Wildman–Crippen MR) is 113 cm³/mol. The molecule has 0 amide bonds. The predicted octanol–water partition coefficient (Wildman–Crippen LogP) is 7.10. The van der Waals surface area contributed by atoms with Crippen molar-refractivity contribution in [1.82, 2.24) is 0 Å². The Labute approximate surface area is 189 Å². The molecule has 0 heterocycles. The third kappa shape index (κ3) is 4.42. The molecule has 0 bridgehead atoms. The molecule has 1 fully saturated rings. The zero-order chi connectivity index (χ0) is 23.3. The van der Waals surface area contributed by atoms with E-state index in [4.69, 9.17) is 16.3 Å². The summed E-state index contributed by atoms with van der Waals surface area (Å²) < 4.78 is 57.5. The molecule has 0 saturated heterocycles. The fourth-order valence-electron chi connectivity index (χ4n) is 4.80. The number of fused-ring (bicyclic) bond motifs is 1. The van der Waals surface area contributed by atoms with E-state index in [0.717, 1.165) is 22.8 Å². The Hall–Kier alpha value is -2.34. The number of esters is 1. The molecular weight excluding hydrogens is 444 g/mol. The van der Waals surface area contributed by atoms with Gasteiger partial charge in [0.25, 0.3) is 0 Å². The van der Waals surface area contributed by atoms with Crippen molar-refractivity contribution < 1.29 is 27.1 Å². The fourth-order valence-corrected chi connectivity index (χ4v) is 4.94. The Balaban J connectivity index is 1.49. The first-order chi connectivity index (χ1) is 15.0. The second-order valence-electron chi connectivity index (χ2n) is 9.15. The Bertz CT molecular complexity index is 1040. The van der Waals surface area contributed by atoms with E-state index in [1.807, 2.05) is 24.3 Å². The number of allylic oxidation sites excluding steroid dienone is 2. The van der Waals surface area contributed by atoms with Crippen LogP contribution >= 0.6 is 11.6 Å². The van der Waals surface area contributed by atoms with E-state index < -0.39 is 40.5 Å². The SMILES string of the molecule is CC1(C)C(/C=C(/Cl)C(F)(F)F)C1C(=O)OC1CC(Cc2ccc(F)cc2)c2ccccc21. The zero-order valence-corrected chi connectivity index (χ0v) is 18.4. The van der Waals surface area contributed by atoms with Gasteiger partial charge in [0.2, 0.25) is 0 Å². The highest BCUT2D eigenvalue weighted by atomic mass is 35.5. The summed E-state index contributed by atoms with van der Waals surface area (Å²) in [6.45, 7) is 3.47. The standard InChI is InChI=1S/C25H23ClF4O2/c1-24(2)19(13-21(26)25(28,29)30)22(24)23(31)32-20-12-15(17-5-3-4-6-18(17)20)11-14-7-9-16(27)10-8-14/h3-10,13,15,19-20,22H,11-12H2,1-2H3/b21-13+. The molecule has 2 aliphatic carbocycles. The molecule has 4 atom stereocenters. The highest BCUT2D eigenvalue weighted by Gasteiger charge is 2.62. The van der Waals surface area contributed by atoms with E-state index >= 15 is 0 Å². The highest BCUT2D eigenvalue weighted by molar-refractivity contribution is 6.30. The third-order valence-electron chi connectivity index (χ3n) is 6.70. The van der Waals surface area contributed by atoms with Crippen LogP contribution in [0.3, 0.4) is 0 Å². The molecule has 32 heavy (non-hydrogen) atoms. The van der Waals surface area contributed by atoms with Crippen molar-refractivity contribution in [2.75, 3.05) is 0 Å². The summed E-state index contributed by atoms with van der Waals surface area (Å²) in [4.78, 5) is 12.9. The Morgan fingerprint density at radius 3 is 2.38 bits per heavy atom. The first kappa shape index (κ1) is 22.8. The van der Waals surface area contributed by atoms with E-state index in [0.29, 0.717) is 12.8 Å². The topological polar surface area (TPSA) is 26.3 Å². The van der Waals surface area contributed by atoms with Crippen molar-refractivity contribution in [2.24, 2.45) is 17.3 Å². The highest BCUT2D eigenvalue weighted by Crippen LogP contribution is 2.61. The van der Waals surface area contributed by atoms with E-state index in [9.17, 15) is 22.4 Å². The molecule has 2 nitrogen and oxygen atoms in total. The first-order valence-corrected chi connectivity index (χ1v) is 10.8. The number of hydrogen-bond donors (Lipinski definition) is 0. The molecule has 4 rings (SSSR count). The molecule has 0 aromatic heterocycles. The lowest BCUT2D eigenvalue weighted by atomic mass is 9.94. The van der Waals surface area contributed by atoms with Gasteiger partial charge in [0.15, 0.2) is 0 Å². The number of benzene rings is 2. The van der Waals surface area contributed by atoms with E-state index in [-0.39, 0.29) is 11.7 Å². The minimum Gasteiger partial charge on any atom is -0.457 e. The van der Waals surface area contributed by atoms with Gasteiger partial charge in [-0.05, 0) is 58.9 Å². The summed E-state index contributed by atoms with van der Waals surface area (Å²) in [5.41, 5.74) is 2.30. The molecule has 1 saturated carbocycles. The maximum atomic E-state index is 13.2. The van der Waals surface area contributed by atoms with Crippen LogP contribution in [0.15, 0.2) is 59.6 Å². The van der Waals surface area contributed by atoms with Gasteiger partial charge < -0.3 is 4.74 Å². The van der Waals surface area contributed by atoms with E-state index in [1.165, 1.54) is 12.1 Å². The molecule has 0 N–H and O–H groups in total. The number of carbonyl (C=O) groups excluding carboxylic acids is 1. The molecule has 2 aromatic rings. The summed E-state index contributed by atoms with van der Waals surface area (Å²) >= 11 is 5.39. The van der Waals surface area contributed by atoms with Crippen LogP contribution in [-0.2, 0) is 16.0 Å². The van der Waals surface area contributed by atoms with Gasteiger partial charge >= 0.3 is 12.1 Å². The van der Waals surface area contributed by atoms with Gasteiger partial charge in [0.05, 0.1) is 5.92 Å². The molecule has 0 aliphatic heterocycles. The van der Waals surface area contributed by atoms with Gasteiger partial charge in [-0.25, -0.2) is 4.39 Å². The number of halogens is 5. The molecule has 170 valence electrons. The average Bonchev–Trinajstić information content (AvgIpc) is 3.09. The zero-order valence-electron chi connectivity index (χ0n) is 17.6. The van der Waals surface area contributed by atoms with Crippen molar-refractivity contribution in [3.63, 3.8) is 0 Å². The van der Waals surface area contributed by atoms with Gasteiger partial charge in [-0.3, -0.25) is 4.79 Å². The summed E-state index contributed by atoms with van der Waals surface area (Å²) in [5.74, 6) is -2.02. The Kier molecular flexibility index (Phi) is 5.86. The summed E-state index contributed by atoms with van der Waals surface area (Å²) in [6.07, 6.45) is -2.94. The van der Waals surface area contributed by atoms with Gasteiger partial charge in [0, 0.05) is 0 Å². The van der Waals surface area contributed by atoms with Crippen LogP contribution in [0.5, 0.6) is 0 Å². The van der Waals surface area contributed by atoms with Crippen LogP contribution < -0.4 is 0 Å². The van der Waals surface area contributed by atoms with Gasteiger partial charge in [-0.1, -0.05) is 67.9 Å². The summed E-state index contributed by atoms with van der Waals surface area (Å²) in [7, 11) is 0. The van der Waals surface area contributed by atoms with Crippen LogP contribution in [0, 0.1) is 23.1 Å². The second kappa shape index (κ2) is 8.22. The minimum absolute atomic E-state index is 0.0945. The summed E-state index contributed by atoms with van der Waals surface area (Å²) in [5, 5.41) is -1.21. The second-order valence-corrected chi connectivity index (χ2v) is 9.56. The van der Waals surface area contributed by atoms with E-state index in [1.54, 1.807) is 26.0 Å². The lowest BCUT2D eigenvalue weighted by Crippen LogP contribution is -2.14. The van der Waals surface area contributed by atoms with Gasteiger partial charge in [-0.2, -0.15) is 13.2 Å². The van der Waals surface area contributed by atoms with Crippen LogP contribution in [-0.4, -0.2) is 12.1 Å². The minimum atomic E-state index is -4.63. The van der Waals surface area contributed by atoms with Crippen molar-refractivity contribution in [2.45, 2.75) is 44.9 Å². The van der Waals surface area contributed by atoms with Crippen LogP contribution in [0.2, 0.25) is 0 Å². The first-order valence-electron chi connectivity index (χ1n) is 10.5.